The molecule has 1 aliphatic rings. The normalized spacial score (nSPS) is 16.5. The minimum Gasteiger partial charge on any atom is -0.493 e. The summed E-state index contributed by atoms with van der Waals surface area (Å²) in [4.78, 5) is 6.98. The maximum Gasteiger partial charge on any atom is 0.161 e. The number of aromatic nitrogens is 2. The fraction of sp³-hybridized carbons (Fsp3) is 0.526. The van der Waals surface area contributed by atoms with Gasteiger partial charge in [0.15, 0.2) is 11.5 Å². The molecular formula is C19H27N3O2. The summed E-state index contributed by atoms with van der Waals surface area (Å²) < 4.78 is 13.8. The Morgan fingerprint density at radius 3 is 2.54 bits per heavy atom. The molecule has 0 saturated carbocycles. The van der Waals surface area contributed by atoms with E-state index in [1.807, 2.05) is 30.5 Å². The van der Waals surface area contributed by atoms with Crippen molar-refractivity contribution in [3.8, 4) is 11.5 Å². The molecule has 0 unspecified atom stereocenters. The Labute approximate surface area is 144 Å². The Bertz CT molecular complexity index is 646. The van der Waals surface area contributed by atoms with E-state index in [0.717, 1.165) is 49.8 Å². The largest absolute Gasteiger partial charge is 0.493 e. The zero-order chi connectivity index (χ0) is 16.9. The van der Waals surface area contributed by atoms with Crippen molar-refractivity contribution in [2.24, 2.45) is 0 Å². The standard InChI is InChI=1S/C19H27N3O2/c1-15(2)22-13-10-20-19(22)14-21-11-8-16(9-12-21)24-18-7-5-4-6-17(18)23-3/h4-7,10,13,15-16H,8-9,11-12,14H2,1-3H3. The molecule has 130 valence electrons. The summed E-state index contributed by atoms with van der Waals surface area (Å²) in [5, 5.41) is 0. The molecule has 0 bridgehead atoms. The van der Waals surface area contributed by atoms with E-state index < -0.39 is 0 Å². The van der Waals surface area contributed by atoms with E-state index >= 15 is 0 Å². The maximum atomic E-state index is 6.15. The highest BCUT2D eigenvalue weighted by molar-refractivity contribution is 5.39. The molecule has 1 fully saturated rings. The van der Waals surface area contributed by atoms with Gasteiger partial charge in [0.25, 0.3) is 0 Å². The van der Waals surface area contributed by atoms with Gasteiger partial charge in [0, 0.05) is 31.5 Å². The Kier molecular flexibility index (Phi) is 5.41. The molecule has 2 aromatic rings. The molecule has 0 radical (unpaired) electrons. The quantitative estimate of drug-likeness (QED) is 0.813. The minimum atomic E-state index is 0.252. The summed E-state index contributed by atoms with van der Waals surface area (Å²) in [5.41, 5.74) is 0. The highest BCUT2D eigenvalue weighted by Gasteiger charge is 2.22. The molecule has 5 nitrogen and oxygen atoms in total. The van der Waals surface area contributed by atoms with Crippen molar-refractivity contribution in [1.29, 1.82) is 0 Å². The lowest BCUT2D eigenvalue weighted by atomic mass is 10.1. The lowest BCUT2D eigenvalue weighted by Gasteiger charge is -2.32. The summed E-state index contributed by atoms with van der Waals surface area (Å²) >= 11 is 0. The molecule has 2 heterocycles. The molecule has 1 aromatic heterocycles. The fourth-order valence-electron chi connectivity index (χ4n) is 3.22. The van der Waals surface area contributed by atoms with Gasteiger partial charge in [-0.15, -0.1) is 0 Å². The number of ether oxygens (including phenoxy) is 2. The van der Waals surface area contributed by atoms with Gasteiger partial charge in [0.1, 0.15) is 11.9 Å². The highest BCUT2D eigenvalue weighted by Crippen LogP contribution is 2.29. The fourth-order valence-corrected chi connectivity index (χ4v) is 3.22. The van der Waals surface area contributed by atoms with Crippen LogP contribution in [-0.2, 0) is 6.54 Å². The van der Waals surface area contributed by atoms with Crippen LogP contribution in [0.4, 0.5) is 0 Å². The van der Waals surface area contributed by atoms with E-state index in [2.05, 4.69) is 34.5 Å². The predicted octanol–water partition coefficient (Wildman–Crippen LogP) is 3.52. The van der Waals surface area contributed by atoms with Crippen LogP contribution in [0.15, 0.2) is 36.7 Å². The van der Waals surface area contributed by atoms with Crippen LogP contribution in [0.2, 0.25) is 0 Å². The molecule has 1 aliphatic heterocycles. The van der Waals surface area contributed by atoms with Crippen LogP contribution in [0.5, 0.6) is 11.5 Å². The van der Waals surface area contributed by atoms with Crippen LogP contribution in [0.3, 0.4) is 0 Å². The van der Waals surface area contributed by atoms with Crippen LogP contribution in [0.1, 0.15) is 38.6 Å². The summed E-state index contributed by atoms with van der Waals surface area (Å²) in [6.07, 6.45) is 6.27. The summed E-state index contributed by atoms with van der Waals surface area (Å²) in [7, 11) is 1.68. The van der Waals surface area contributed by atoms with Gasteiger partial charge in [-0.25, -0.2) is 4.98 Å². The van der Waals surface area contributed by atoms with Crippen LogP contribution >= 0.6 is 0 Å². The van der Waals surface area contributed by atoms with Gasteiger partial charge in [-0.2, -0.15) is 0 Å². The van der Waals surface area contributed by atoms with Gasteiger partial charge in [-0.05, 0) is 38.8 Å². The third-order valence-corrected chi connectivity index (χ3v) is 4.57. The van der Waals surface area contributed by atoms with E-state index in [1.165, 1.54) is 0 Å². The maximum absolute atomic E-state index is 6.15. The van der Waals surface area contributed by atoms with E-state index in [1.54, 1.807) is 7.11 Å². The monoisotopic (exact) mass is 329 g/mol. The number of imidazole rings is 1. The lowest BCUT2D eigenvalue weighted by Crippen LogP contribution is -2.38. The number of hydrogen-bond acceptors (Lipinski definition) is 4. The van der Waals surface area contributed by atoms with E-state index in [0.29, 0.717) is 6.04 Å². The number of piperidine rings is 1. The van der Waals surface area contributed by atoms with Crippen molar-refractivity contribution in [2.75, 3.05) is 20.2 Å². The first-order valence-electron chi connectivity index (χ1n) is 8.71. The van der Waals surface area contributed by atoms with Gasteiger partial charge >= 0.3 is 0 Å². The summed E-state index contributed by atoms with van der Waals surface area (Å²) in [6, 6.07) is 8.32. The molecule has 0 N–H and O–H groups in total. The molecule has 1 saturated heterocycles. The first-order chi connectivity index (χ1) is 11.7. The number of hydrogen-bond donors (Lipinski definition) is 0. The van der Waals surface area contributed by atoms with Crippen molar-refractivity contribution in [1.82, 2.24) is 14.5 Å². The molecule has 5 heteroatoms. The van der Waals surface area contributed by atoms with Crippen molar-refractivity contribution in [2.45, 2.75) is 45.4 Å². The van der Waals surface area contributed by atoms with Crippen molar-refractivity contribution < 1.29 is 9.47 Å². The van der Waals surface area contributed by atoms with E-state index in [9.17, 15) is 0 Å². The summed E-state index contributed by atoms with van der Waals surface area (Å²) in [6.45, 7) is 7.36. The number of rotatable bonds is 6. The molecule has 0 spiro atoms. The number of benzene rings is 1. The smallest absolute Gasteiger partial charge is 0.161 e. The number of para-hydroxylation sites is 2. The molecule has 0 amide bonds. The first-order valence-corrected chi connectivity index (χ1v) is 8.71. The van der Waals surface area contributed by atoms with Gasteiger partial charge in [-0.1, -0.05) is 12.1 Å². The first kappa shape index (κ1) is 16.8. The van der Waals surface area contributed by atoms with Crippen molar-refractivity contribution in [3.63, 3.8) is 0 Å². The average Bonchev–Trinajstić information content (AvgIpc) is 3.05. The number of likely N-dealkylation sites (tertiary alicyclic amines) is 1. The van der Waals surface area contributed by atoms with Crippen molar-refractivity contribution >= 4 is 0 Å². The second kappa shape index (κ2) is 7.71. The second-order valence-corrected chi connectivity index (χ2v) is 6.59. The molecule has 1 aromatic carbocycles. The van der Waals surface area contributed by atoms with E-state index in [4.69, 9.17) is 9.47 Å². The summed E-state index contributed by atoms with van der Waals surface area (Å²) in [5.74, 6) is 2.79. The number of nitrogens with zero attached hydrogens (tertiary/aromatic N) is 3. The van der Waals surface area contributed by atoms with Crippen LogP contribution < -0.4 is 9.47 Å². The van der Waals surface area contributed by atoms with Gasteiger partial charge < -0.3 is 14.0 Å². The zero-order valence-corrected chi connectivity index (χ0v) is 14.8. The average molecular weight is 329 g/mol. The second-order valence-electron chi connectivity index (χ2n) is 6.59. The minimum absolute atomic E-state index is 0.252. The molecule has 24 heavy (non-hydrogen) atoms. The molecule has 0 aliphatic carbocycles. The lowest BCUT2D eigenvalue weighted by molar-refractivity contribution is 0.0921. The molecular weight excluding hydrogens is 302 g/mol. The van der Waals surface area contributed by atoms with Crippen LogP contribution in [0.25, 0.3) is 0 Å². The Hall–Kier alpha value is -2.01. The Morgan fingerprint density at radius 2 is 1.88 bits per heavy atom. The number of methoxy groups -OCH3 is 1. The topological polar surface area (TPSA) is 39.5 Å². The van der Waals surface area contributed by atoms with Gasteiger partial charge in [0.2, 0.25) is 0 Å². The third kappa shape index (κ3) is 3.90. The van der Waals surface area contributed by atoms with Crippen LogP contribution in [-0.4, -0.2) is 40.8 Å². The Balaban J connectivity index is 1.53. The Morgan fingerprint density at radius 1 is 1.17 bits per heavy atom. The van der Waals surface area contributed by atoms with E-state index in [-0.39, 0.29) is 6.10 Å². The highest BCUT2D eigenvalue weighted by atomic mass is 16.5. The third-order valence-electron chi connectivity index (χ3n) is 4.57. The molecule has 3 rings (SSSR count). The zero-order valence-electron chi connectivity index (χ0n) is 14.8. The molecule has 0 atom stereocenters. The predicted molar refractivity (Wildman–Crippen MR) is 94.5 cm³/mol. The van der Waals surface area contributed by atoms with Crippen LogP contribution in [0, 0.1) is 0 Å². The van der Waals surface area contributed by atoms with Gasteiger partial charge in [0.05, 0.1) is 13.7 Å². The van der Waals surface area contributed by atoms with Crippen molar-refractivity contribution in [3.05, 3.63) is 42.5 Å². The SMILES string of the molecule is COc1ccccc1OC1CCN(Cc2nccn2C(C)C)CC1. The van der Waals surface area contributed by atoms with Gasteiger partial charge in [-0.3, -0.25) is 4.90 Å².